The molecule has 10 heavy (non-hydrogen) atoms. The highest BCUT2D eigenvalue weighted by molar-refractivity contribution is 4.76. The summed E-state index contributed by atoms with van der Waals surface area (Å²) in [4.78, 5) is 0. The van der Waals surface area contributed by atoms with Gasteiger partial charge < -0.3 is 10.4 Å². The Morgan fingerprint density at radius 2 is 2.40 bits per heavy atom. The van der Waals surface area contributed by atoms with Crippen LogP contribution in [0.1, 0.15) is 26.2 Å². The van der Waals surface area contributed by atoms with Gasteiger partial charge in [-0.3, -0.25) is 0 Å². The van der Waals surface area contributed by atoms with Gasteiger partial charge in [-0.15, -0.1) is 0 Å². The predicted molar refractivity (Wildman–Crippen MR) is 41.9 cm³/mol. The molecule has 0 aliphatic carbocycles. The summed E-state index contributed by atoms with van der Waals surface area (Å²) in [6.07, 6.45) is 3.71. The molecule has 2 nitrogen and oxygen atoms in total. The maximum atomic E-state index is 8.84. The Hall–Kier alpha value is -0.0800. The molecule has 2 atom stereocenters. The molecule has 60 valence electrons. The third-order valence-electron chi connectivity index (χ3n) is 2.40. The van der Waals surface area contributed by atoms with Crippen LogP contribution in [0.3, 0.4) is 0 Å². The van der Waals surface area contributed by atoms with Gasteiger partial charge in [0.05, 0.1) is 6.61 Å². The lowest BCUT2D eigenvalue weighted by molar-refractivity contribution is 0.190. The van der Waals surface area contributed by atoms with Gasteiger partial charge in [0.25, 0.3) is 0 Å². The Morgan fingerprint density at radius 3 is 3.00 bits per heavy atom. The first-order valence-corrected chi connectivity index (χ1v) is 4.21. The monoisotopic (exact) mass is 143 g/mol. The van der Waals surface area contributed by atoms with Crippen LogP contribution in [0.4, 0.5) is 0 Å². The molecule has 1 heterocycles. The van der Waals surface area contributed by atoms with E-state index in [2.05, 4.69) is 12.2 Å². The lowest BCUT2D eigenvalue weighted by atomic mass is 9.91. The number of rotatable bonds is 2. The molecule has 1 saturated heterocycles. The fraction of sp³-hybridized carbons (Fsp3) is 1.00. The van der Waals surface area contributed by atoms with Crippen LogP contribution in [-0.2, 0) is 0 Å². The molecule has 0 saturated carbocycles. The van der Waals surface area contributed by atoms with Crippen LogP contribution >= 0.6 is 0 Å². The van der Waals surface area contributed by atoms with Gasteiger partial charge in [0, 0.05) is 6.04 Å². The summed E-state index contributed by atoms with van der Waals surface area (Å²) in [5.74, 6) is 0.846. The molecule has 0 aromatic rings. The van der Waals surface area contributed by atoms with E-state index < -0.39 is 0 Å². The topological polar surface area (TPSA) is 32.3 Å². The average Bonchev–Trinajstić information content (AvgIpc) is 2.05. The molecular weight excluding hydrogens is 126 g/mol. The van der Waals surface area contributed by atoms with Crippen LogP contribution in [-0.4, -0.2) is 24.3 Å². The lowest BCUT2D eigenvalue weighted by Gasteiger charge is -2.28. The van der Waals surface area contributed by atoms with Gasteiger partial charge in [0.2, 0.25) is 0 Å². The van der Waals surface area contributed by atoms with E-state index in [-0.39, 0.29) is 0 Å². The number of aliphatic hydroxyl groups excluding tert-OH is 1. The van der Waals surface area contributed by atoms with Crippen molar-refractivity contribution in [2.75, 3.05) is 13.2 Å². The van der Waals surface area contributed by atoms with E-state index in [4.69, 9.17) is 5.11 Å². The SMILES string of the molecule is CC[C@@H]1CCN[C@H](CO)C1. The van der Waals surface area contributed by atoms with Crippen molar-refractivity contribution in [1.29, 1.82) is 0 Å². The first-order valence-electron chi connectivity index (χ1n) is 4.21. The highest BCUT2D eigenvalue weighted by Crippen LogP contribution is 2.18. The third-order valence-corrected chi connectivity index (χ3v) is 2.40. The van der Waals surface area contributed by atoms with Gasteiger partial charge in [-0.2, -0.15) is 0 Å². The van der Waals surface area contributed by atoms with Crippen molar-refractivity contribution in [2.24, 2.45) is 5.92 Å². The zero-order valence-electron chi connectivity index (χ0n) is 6.64. The van der Waals surface area contributed by atoms with E-state index in [0.29, 0.717) is 12.6 Å². The minimum Gasteiger partial charge on any atom is -0.395 e. The fourth-order valence-electron chi connectivity index (χ4n) is 1.61. The molecule has 0 spiro atoms. The maximum Gasteiger partial charge on any atom is 0.0584 e. The summed E-state index contributed by atoms with van der Waals surface area (Å²) in [7, 11) is 0. The Bertz CT molecular complexity index is 85.3. The van der Waals surface area contributed by atoms with Gasteiger partial charge in [-0.25, -0.2) is 0 Å². The van der Waals surface area contributed by atoms with Gasteiger partial charge in [-0.05, 0) is 25.3 Å². The third kappa shape index (κ3) is 1.96. The van der Waals surface area contributed by atoms with E-state index in [1.807, 2.05) is 0 Å². The Labute approximate surface area is 62.6 Å². The van der Waals surface area contributed by atoms with Crippen molar-refractivity contribution in [1.82, 2.24) is 5.32 Å². The van der Waals surface area contributed by atoms with Gasteiger partial charge in [0.1, 0.15) is 0 Å². The summed E-state index contributed by atoms with van der Waals surface area (Å²) in [6, 6.07) is 0.374. The molecule has 0 unspecified atom stereocenters. The van der Waals surface area contributed by atoms with Gasteiger partial charge in [0.15, 0.2) is 0 Å². The minimum absolute atomic E-state index is 0.302. The van der Waals surface area contributed by atoms with Crippen molar-refractivity contribution in [3.8, 4) is 0 Å². The standard InChI is InChI=1S/C8H17NO/c1-2-7-3-4-9-8(5-7)6-10/h7-10H,2-6H2,1H3/t7-,8+/m1/s1. The van der Waals surface area contributed by atoms with Crippen LogP contribution in [0.2, 0.25) is 0 Å². The van der Waals surface area contributed by atoms with Crippen LogP contribution < -0.4 is 5.32 Å². The van der Waals surface area contributed by atoms with Gasteiger partial charge in [-0.1, -0.05) is 13.3 Å². The predicted octanol–water partition coefficient (Wildman–Crippen LogP) is 0.757. The summed E-state index contributed by atoms with van der Waals surface area (Å²) in [5.41, 5.74) is 0. The lowest BCUT2D eigenvalue weighted by Crippen LogP contribution is -2.40. The molecule has 1 rings (SSSR count). The molecule has 1 fully saturated rings. The molecule has 0 aromatic carbocycles. The van der Waals surface area contributed by atoms with Crippen LogP contribution in [0, 0.1) is 5.92 Å². The summed E-state index contributed by atoms with van der Waals surface area (Å²) >= 11 is 0. The minimum atomic E-state index is 0.302. The number of piperidine rings is 1. The normalized spacial score (nSPS) is 34.2. The number of hydrogen-bond acceptors (Lipinski definition) is 2. The Morgan fingerprint density at radius 1 is 1.60 bits per heavy atom. The quantitative estimate of drug-likeness (QED) is 0.598. The number of nitrogens with one attached hydrogen (secondary N) is 1. The summed E-state index contributed by atoms with van der Waals surface area (Å²) in [5, 5.41) is 12.1. The average molecular weight is 143 g/mol. The van der Waals surface area contributed by atoms with Gasteiger partial charge >= 0.3 is 0 Å². The molecular formula is C8H17NO. The van der Waals surface area contributed by atoms with Crippen molar-refractivity contribution in [3.05, 3.63) is 0 Å². The second-order valence-electron chi connectivity index (χ2n) is 3.13. The Kier molecular flexibility index (Phi) is 3.16. The van der Waals surface area contributed by atoms with Crippen molar-refractivity contribution < 1.29 is 5.11 Å². The first-order chi connectivity index (χ1) is 4.86. The largest absolute Gasteiger partial charge is 0.395 e. The molecule has 0 amide bonds. The zero-order chi connectivity index (χ0) is 7.40. The van der Waals surface area contributed by atoms with Crippen molar-refractivity contribution in [3.63, 3.8) is 0 Å². The highest BCUT2D eigenvalue weighted by atomic mass is 16.3. The molecule has 0 bridgehead atoms. The van der Waals surface area contributed by atoms with Crippen LogP contribution in [0.25, 0.3) is 0 Å². The highest BCUT2D eigenvalue weighted by Gasteiger charge is 2.18. The van der Waals surface area contributed by atoms with E-state index in [0.717, 1.165) is 18.9 Å². The summed E-state index contributed by atoms with van der Waals surface area (Å²) < 4.78 is 0. The zero-order valence-corrected chi connectivity index (χ0v) is 6.64. The van der Waals surface area contributed by atoms with E-state index >= 15 is 0 Å². The number of aliphatic hydroxyl groups is 1. The second-order valence-corrected chi connectivity index (χ2v) is 3.13. The molecule has 2 heteroatoms. The molecule has 2 N–H and O–H groups in total. The van der Waals surface area contributed by atoms with E-state index in [1.165, 1.54) is 12.8 Å². The van der Waals surface area contributed by atoms with Crippen molar-refractivity contribution in [2.45, 2.75) is 32.2 Å². The molecule has 0 radical (unpaired) electrons. The van der Waals surface area contributed by atoms with Crippen LogP contribution in [0.15, 0.2) is 0 Å². The van der Waals surface area contributed by atoms with E-state index in [9.17, 15) is 0 Å². The molecule has 1 aliphatic rings. The fourth-order valence-corrected chi connectivity index (χ4v) is 1.61. The first kappa shape index (κ1) is 8.02. The van der Waals surface area contributed by atoms with Crippen molar-refractivity contribution >= 4 is 0 Å². The smallest absolute Gasteiger partial charge is 0.0584 e. The maximum absolute atomic E-state index is 8.84. The second kappa shape index (κ2) is 3.94. The van der Waals surface area contributed by atoms with E-state index in [1.54, 1.807) is 0 Å². The Balaban J connectivity index is 2.25. The summed E-state index contributed by atoms with van der Waals surface area (Å²) in [6.45, 7) is 3.62. The van der Waals surface area contributed by atoms with Crippen LogP contribution in [0.5, 0.6) is 0 Å². The molecule has 0 aromatic heterocycles. The number of hydrogen-bond donors (Lipinski definition) is 2. The molecule has 1 aliphatic heterocycles.